The predicted molar refractivity (Wildman–Crippen MR) is 91.4 cm³/mol. The first-order valence-corrected chi connectivity index (χ1v) is 7.73. The molecule has 27 heavy (non-hydrogen) atoms. The molecule has 3 aromatic rings. The SMILES string of the molecule is CC(=O)Oc1c(NC(=O)c2ccccc2)oc(-c2ccc(F)c(F)c2)c1O. The molecule has 0 saturated heterocycles. The lowest BCUT2D eigenvalue weighted by atomic mass is 10.1. The minimum atomic E-state index is -1.16. The molecule has 2 aromatic carbocycles. The monoisotopic (exact) mass is 373 g/mol. The molecule has 1 heterocycles. The van der Waals surface area contributed by atoms with Crippen LogP contribution in [0.15, 0.2) is 52.9 Å². The van der Waals surface area contributed by atoms with E-state index in [4.69, 9.17) is 9.15 Å². The van der Waals surface area contributed by atoms with E-state index >= 15 is 0 Å². The summed E-state index contributed by atoms with van der Waals surface area (Å²) in [5.74, 6) is -5.33. The molecule has 8 heteroatoms. The molecular weight excluding hydrogens is 360 g/mol. The van der Waals surface area contributed by atoms with Gasteiger partial charge in [-0.25, -0.2) is 8.78 Å². The molecule has 6 nitrogen and oxygen atoms in total. The molecule has 0 unspecified atom stereocenters. The van der Waals surface area contributed by atoms with Gasteiger partial charge in [-0.2, -0.15) is 0 Å². The molecule has 3 rings (SSSR count). The Hall–Kier alpha value is -3.68. The molecule has 0 saturated carbocycles. The summed E-state index contributed by atoms with van der Waals surface area (Å²) < 4.78 is 36.9. The summed E-state index contributed by atoms with van der Waals surface area (Å²) in [6, 6.07) is 10.9. The summed E-state index contributed by atoms with van der Waals surface area (Å²) in [4.78, 5) is 23.6. The number of benzene rings is 2. The molecule has 0 bridgehead atoms. The number of carbonyl (C=O) groups is 2. The first kappa shape index (κ1) is 18.1. The third-order valence-corrected chi connectivity index (χ3v) is 3.53. The Kier molecular flexibility index (Phi) is 4.89. The number of furan rings is 1. The fraction of sp³-hybridized carbons (Fsp3) is 0.0526. The fourth-order valence-corrected chi connectivity index (χ4v) is 2.33. The van der Waals surface area contributed by atoms with Crippen molar-refractivity contribution in [2.24, 2.45) is 0 Å². The van der Waals surface area contributed by atoms with Crippen LogP contribution in [0.5, 0.6) is 11.5 Å². The van der Waals surface area contributed by atoms with Crippen LogP contribution in [0.4, 0.5) is 14.7 Å². The lowest BCUT2D eigenvalue weighted by Crippen LogP contribution is -2.12. The van der Waals surface area contributed by atoms with Crippen LogP contribution < -0.4 is 10.1 Å². The fourth-order valence-electron chi connectivity index (χ4n) is 2.33. The molecule has 0 aliphatic carbocycles. The number of ether oxygens (including phenoxy) is 1. The number of aromatic hydroxyl groups is 1. The van der Waals surface area contributed by atoms with E-state index in [1.54, 1.807) is 30.3 Å². The van der Waals surface area contributed by atoms with Crippen LogP contribution in [0.25, 0.3) is 11.3 Å². The van der Waals surface area contributed by atoms with Gasteiger partial charge in [0.15, 0.2) is 17.4 Å². The number of carbonyl (C=O) groups excluding carboxylic acids is 2. The van der Waals surface area contributed by atoms with Gasteiger partial charge in [-0.1, -0.05) is 18.2 Å². The van der Waals surface area contributed by atoms with E-state index in [1.165, 1.54) is 0 Å². The number of nitrogens with one attached hydrogen (secondary N) is 1. The Balaban J connectivity index is 2.03. The van der Waals surface area contributed by atoms with Crippen molar-refractivity contribution in [3.8, 4) is 22.8 Å². The van der Waals surface area contributed by atoms with E-state index in [2.05, 4.69) is 5.32 Å². The first-order valence-electron chi connectivity index (χ1n) is 7.73. The summed E-state index contributed by atoms with van der Waals surface area (Å²) in [6.07, 6.45) is 0. The van der Waals surface area contributed by atoms with E-state index in [1.807, 2.05) is 0 Å². The second kappa shape index (κ2) is 7.28. The summed E-state index contributed by atoms with van der Waals surface area (Å²) >= 11 is 0. The topological polar surface area (TPSA) is 88.8 Å². The number of esters is 1. The van der Waals surface area contributed by atoms with E-state index in [-0.39, 0.29) is 22.8 Å². The normalized spacial score (nSPS) is 10.5. The van der Waals surface area contributed by atoms with E-state index < -0.39 is 35.0 Å². The molecular formula is C19H13F2NO5. The average Bonchev–Trinajstić information content (AvgIpc) is 2.94. The highest BCUT2D eigenvalue weighted by atomic mass is 19.2. The molecule has 2 N–H and O–H groups in total. The van der Waals surface area contributed by atoms with Crippen LogP contribution in [0, 0.1) is 11.6 Å². The zero-order valence-corrected chi connectivity index (χ0v) is 14.0. The molecule has 138 valence electrons. The molecule has 1 amide bonds. The second-order valence-electron chi connectivity index (χ2n) is 5.48. The van der Waals surface area contributed by atoms with Crippen molar-refractivity contribution in [3.05, 3.63) is 65.7 Å². The van der Waals surface area contributed by atoms with Gasteiger partial charge in [0, 0.05) is 18.1 Å². The van der Waals surface area contributed by atoms with Crippen LogP contribution in [-0.4, -0.2) is 17.0 Å². The Bertz CT molecular complexity index is 1010. The Labute approximate surface area is 152 Å². The lowest BCUT2D eigenvalue weighted by Gasteiger charge is -2.04. The van der Waals surface area contributed by atoms with Crippen molar-refractivity contribution < 1.29 is 32.6 Å². The minimum Gasteiger partial charge on any atom is -0.502 e. The van der Waals surface area contributed by atoms with E-state index in [0.29, 0.717) is 0 Å². The molecule has 1 aromatic heterocycles. The highest BCUT2D eigenvalue weighted by Crippen LogP contribution is 2.46. The van der Waals surface area contributed by atoms with Gasteiger partial charge >= 0.3 is 5.97 Å². The van der Waals surface area contributed by atoms with Crippen LogP contribution in [0.1, 0.15) is 17.3 Å². The van der Waals surface area contributed by atoms with Gasteiger partial charge in [0.2, 0.25) is 17.4 Å². The van der Waals surface area contributed by atoms with Gasteiger partial charge < -0.3 is 14.3 Å². The highest BCUT2D eigenvalue weighted by Gasteiger charge is 2.26. The van der Waals surface area contributed by atoms with Crippen molar-refractivity contribution in [3.63, 3.8) is 0 Å². The maximum absolute atomic E-state index is 13.5. The van der Waals surface area contributed by atoms with Gasteiger partial charge in [-0.15, -0.1) is 0 Å². The number of halogens is 2. The molecule has 0 fully saturated rings. The number of anilines is 1. The first-order chi connectivity index (χ1) is 12.9. The Morgan fingerprint density at radius 2 is 1.78 bits per heavy atom. The van der Waals surface area contributed by atoms with Crippen molar-refractivity contribution in [2.75, 3.05) is 5.32 Å². The quantitative estimate of drug-likeness (QED) is 0.672. The molecule has 0 radical (unpaired) electrons. The predicted octanol–water partition coefficient (Wildman–Crippen LogP) is 4.11. The molecule has 0 aliphatic rings. The van der Waals surface area contributed by atoms with Gasteiger partial charge in [0.1, 0.15) is 0 Å². The van der Waals surface area contributed by atoms with Crippen LogP contribution >= 0.6 is 0 Å². The maximum atomic E-state index is 13.5. The number of amides is 1. The summed E-state index contributed by atoms with van der Waals surface area (Å²) in [5, 5.41) is 12.7. The van der Waals surface area contributed by atoms with Crippen molar-refractivity contribution in [2.45, 2.75) is 6.92 Å². The standard InChI is InChI=1S/C19H13F2NO5/c1-10(23)26-17-15(24)16(12-7-8-13(20)14(21)9-12)27-19(17)22-18(25)11-5-3-2-4-6-11/h2-9,24H,1H3,(H,22,25). The van der Waals surface area contributed by atoms with Gasteiger partial charge in [-0.05, 0) is 30.3 Å². The summed E-state index contributed by atoms with van der Waals surface area (Å²) in [7, 11) is 0. The number of hydrogen-bond acceptors (Lipinski definition) is 5. The average molecular weight is 373 g/mol. The van der Waals surface area contributed by atoms with Gasteiger partial charge in [0.05, 0.1) is 0 Å². The third-order valence-electron chi connectivity index (χ3n) is 3.53. The third kappa shape index (κ3) is 3.79. The van der Waals surface area contributed by atoms with Crippen molar-refractivity contribution >= 4 is 17.8 Å². The molecule has 0 spiro atoms. The molecule has 0 atom stereocenters. The van der Waals surface area contributed by atoms with Crippen molar-refractivity contribution in [1.82, 2.24) is 0 Å². The summed E-state index contributed by atoms with van der Waals surface area (Å²) in [6.45, 7) is 1.09. The highest BCUT2D eigenvalue weighted by molar-refractivity contribution is 6.05. The minimum absolute atomic E-state index is 0.0139. The molecule has 0 aliphatic heterocycles. The van der Waals surface area contributed by atoms with Crippen molar-refractivity contribution in [1.29, 1.82) is 0 Å². The van der Waals surface area contributed by atoms with Gasteiger partial charge in [0.25, 0.3) is 5.91 Å². The van der Waals surface area contributed by atoms with Crippen LogP contribution in [0.3, 0.4) is 0 Å². The zero-order valence-electron chi connectivity index (χ0n) is 14.0. The largest absolute Gasteiger partial charge is 0.502 e. The van der Waals surface area contributed by atoms with E-state index in [9.17, 15) is 23.5 Å². The van der Waals surface area contributed by atoms with Crippen LogP contribution in [-0.2, 0) is 4.79 Å². The Morgan fingerprint density at radius 1 is 1.07 bits per heavy atom. The van der Waals surface area contributed by atoms with Crippen LogP contribution in [0.2, 0.25) is 0 Å². The zero-order chi connectivity index (χ0) is 19.6. The van der Waals surface area contributed by atoms with E-state index in [0.717, 1.165) is 25.1 Å². The Morgan fingerprint density at radius 3 is 2.41 bits per heavy atom. The second-order valence-corrected chi connectivity index (χ2v) is 5.48. The smallest absolute Gasteiger partial charge is 0.308 e. The lowest BCUT2D eigenvalue weighted by molar-refractivity contribution is -0.132. The number of rotatable bonds is 4. The van der Waals surface area contributed by atoms with Gasteiger partial charge in [-0.3, -0.25) is 14.9 Å². The summed E-state index contributed by atoms with van der Waals surface area (Å²) in [5.41, 5.74) is 0.275. The maximum Gasteiger partial charge on any atom is 0.308 e. The number of hydrogen-bond donors (Lipinski definition) is 2.